The molecule has 1 aromatic carbocycles. The number of nitrogens with zero attached hydrogens (tertiary/aromatic N) is 4. The lowest BCUT2D eigenvalue weighted by atomic mass is 9.75. The van der Waals surface area contributed by atoms with Crippen LogP contribution >= 0.6 is 11.6 Å². The van der Waals surface area contributed by atoms with Gasteiger partial charge in [0.25, 0.3) is 0 Å². The quantitative estimate of drug-likeness (QED) is 0.397. The number of benzene rings is 1. The van der Waals surface area contributed by atoms with Gasteiger partial charge in [-0.15, -0.1) is 0 Å². The molecule has 3 rings (SSSR count). The van der Waals surface area contributed by atoms with Crippen molar-refractivity contribution in [3.05, 3.63) is 35.0 Å². The van der Waals surface area contributed by atoms with Crippen LogP contribution in [-0.4, -0.2) is 58.9 Å². The van der Waals surface area contributed by atoms with Crippen LogP contribution in [0, 0.1) is 18.8 Å². The van der Waals surface area contributed by atoms with Gasteiger partial charge in [0.15, 0.2) is 5.82 Å². The van der Waals surface area contributed by atoms with Crippen LogP contribution < -0.4 is 20.9 Å². The van der Waals surface area contributed by atoms with Gasteiger partial charge in [-0.25, -0.2) is 9.37 Å². The van der Waals surface area contributed by atoms with E-state index in [2.05, 4.69) is 15.3 Å². The fourth-order valence-corrected chi connectivity index (χ4v) is 4.66. The van der Waals surface area contributed by atoms with Gasteiger partial charge in [-0.3, -0.25) is 4.79 Å². The Balaban J connectivity index is 1.84. The maximum Gasteiger partial charge on any atom is 0.227 e. The Morgan fingerprint density at radius 3 is 2.78 bits per heavy atom. The Morgan fingerprint density at radius 1 is 1.42 bits per heavy atom. The van der Waals surface area contributed by atoms with Crippen LogP contribution in [0.4, 0.5) is 27.5 Å². The van der Waals surface area contributed by atoms with E-state index in [-0.39, 0.29) is 11.8 Å². The molecule has 2 aromatic rings. The first-order valence-electron chi connectivity index (χ1n) is 12.3. The number of carbonyl (C=O) groups is 1. The molecule has 1 amide bonds. The van der Waals surface area contributed by atoms with Crippen LogP contribution in [-0.2, 0) is 4.79 Å². The predicted octanol–water partition coefficient (Wildman–Crippen LogP) is 4.46. The van der Waals surface area contributed by atoms with Gasteiger partial charge in [0.2, 0.25) is 12.4 Å². The average molecular weight is 521 g/mol. The Morgan fingerprint density at radius 2 is 2.14 bits per heavy atom. The zero-order valence-electron chi connectivity index (χ0n) is 21.8. The summed E-state index contributed by atoms with van der Waals surface area (Å²) >= 11 is 6.42. The Bertz CT molecular complexity index is 1060. The van der Waals surface area contributed by atoms with Crippen molar-refractivity contribution in [1.82, 2.24) is 9.97 Å². The highest BCUT2D eigenvalue weighted by molar-refractivity contribution is 6.32. The predicted molar refractivity (Wildman–Crippen MR) is 144 cm³/mol. The van der Waals surface area contributed by atoms with E-state index in [4.69, 9.17) is 17.3 Å². The number of nitrogens with one attached hydrogen (secondary N) is 1. The minimum absolute atomic E-state index is 0.212. The van der Waals surface area contributed by atoms with Crippen molar-refractivity contribution in [2.75, 3.05) is 41.3 Å². The van der Waals surface area contributed by atoms with Gasteiger partial charge >= 0.3 is 0 Å². The summed E-state index contributed by atoms with van der Waals surface area (Å²) in [5, 5.41) is 13.6. The Hall–Kier alpha value is -2.49. The molecule has 8 nitrogen and oxygen atoms in total. The molecule has 10 heteroatoms. The number of aryl methyl sites for hydroxylation is 1. The molecule has 1 saturated heterocycles. The molecule has 2 heterocycles. The van der Waals surface area contributed by atoms with Crippen molar-refractivity contribution >= 4 is 41.2 Å². The Kier molecular flexibility index (Phi) is 8.80. The lowest BCUT2D eigenvalue weighted by molar-refractivity contribution is -0.107. The third-order valence-corrected chi connectivity index (χ3v) is 7.38. The fraction of sp³-hybridized carbons (Fsp3) is 0.577. The summed E-state index contributed by atoms with van der Waals surface area (Å²) < 4.78 is 15.3. The van der Waals surface area contributed by atoms with E-state index < -0.39 is 11.3 Å². The maximum atomic E-state index is 15.3. The first-order chi connectivity index (χ1) is 16.9. The second kappa shape index (κ2) is 11.3. The standard InChI is InChI=1S/C26H38ClFN6O2/c1-17-6-7-20(12-22(17)33(16-35)11-9-25(3,4)36)31-23-21(27)13-30-24(32-23)34-14-18(2)26(5,28)19(15-34)8-10-29/h6-7,12-13,16,18-19,36H,8-11,14-15,29H2,1-5H3,(H,30,31,32). The molecule has 3 atom stereocenters. The summed E-state index contributed by atoms with van der Waals surface area (Å²) in [6.45, 7) is 10.7. The molecule has 198 valence electrons. The van der Waals surface area contributed by atoms with Crippen LogP contribution in [0.2, 0.25) is 5.02 Å². The smallest absolute Gasteiger partial charge is 0.227 e. The summed E-state index contributed by atoms with van der Waals surface area (Å²) in [5.41, 5.74) is 5.90. The highest BCUT2D eigenvalue weighted by Crippen LogP contribution is 2.39. The largest absolute Gasteiger partial charge is 0.390 e. The molecule has 36 heavy (non-hydrogen) atoms. The van der Waals surface area contributed by atoms with Crippen LogP contribution in [0.25, 0.3) is 0 Å². The number of anilines is 4. The molecule has 4 N–H and O–H groups in total. The van der Waals surface area contributed by atoms with Crippen LogP contribution in [0.1, 0.15) is 46.1 Å². The molecule has 1 aromatic heterocycles. The minimum Gasteiger partial charge on any atom is -0.390 e. The van der Waals surface area contributed by atoms with Gasteiger partial charge in [0.1, 0.15) is 10.7 Å². The molecule has 1 aliphatic rings. The fourth-order valence-electron chi connectivity index (χ4n) is 4.52. The molecular formula is C26H38ClFN6O2. The number of hydrogen-bond donors (Lipinski definition) is 3. The van der Waals surface area contributed by atoms with Gasteiger partial charge < -0.3 is 26.0 Å². The molecular weight excluding hydrogens is 483 g/mol. The molecule has 1 fully saturated rings. The molecule has 1 aliphatic heterocycles. The van der Waals surface area contributed by atoms with Crippen LogP contribution in [0.15, 0.2) is 24.4 Å². The molecule has 0 saturated carbocycles. The third kappa shape index (κ3) is 6.63. The van der Waals surface area contributed by atoms with Gasteiger partial charge in [0, 0.05) is 42.8 Å². The van der Waals surface area contributed by atoms with Crippen LogP contribution in [0.5, 0.6) is 0 Å². The Labute approximate surface area is 218 Å². The molecule has 0 spiro atoms. The van der Waals surface area contributed by atoms with Crippen molar-refractivity contribution < 1.29 is 14.3 Å². The third-order valence-electron chi connectivity index (χ3n) is 7.10. The normalized spacial score (nSPS) is 22.4. The number of aliphatic hydroxyl groups is 1. The summed E-state index contributed by atoms with van der Waals surface area (Å²) in [6, 6.07) is 5.63. The first-order valence-corrected chi connectivity index (χ1v) is 12.7. The number of piperidine rings is 1. The zero-order chi connectivity index (χ0) is 26.7. The molecule has 0 bridgehead atoms. The summed E-state index contributed by atoms with van der Waals surface area (Å²) in [5.74, 6) is 0.455. The molecule has 0 aliphatic carbocycles. The summed E-state index contributed by atoms with van der Waals surface area (Å²) in [6.07, 6.45) is 3.32. The molecule has 0 radical (unpaired) electrons. The van der Waals surface area contributed by atoms with E-state index in [0.29, 0.717) is 61.5 Å². The second-order valence-corrected chi connectivity index (χ2v) is 11.0. The lowest BCUT2D eigenvalue weighted by Gasteiger charge is -2.45. The van der Waals surface area contributed by atoms with Gasteiger partial charge in [-0.05, 0) is 64.8 Å². The SMILES string of the molecule is Cc1ccc(Nc2nc(N3CC(C)C(C)(F)C(CCN)C3)ncc2Cl)cc1N(C=O)CCC(C)(C)O. The summed E-state index contributed by atoms with van der Waals surface area (Å²) in [7, 11) is 0. The van der Waals surface area contributed by atoms with E-state index in [1.807, 2.05) is 36.9 Å². The monoisotopic (exact) mass is 520 g/mol. The van der Waals surface area contributed by atoms with Gasteiger partial charge in [0.05, 0.1) is 11.8 Å². The first kappa shape index (κ1) is 28.1. The van der Waals surface area contributed by atoms with Gasteiger partial charge in [-0.2, -0.15) is 4.98 Å². The van der Waals surface area contributed by atoms with E-state index in [1.165, 1.54) is 6.20 Å². The van der Waals surface area contributed by atoms with E-state index >= 15 is 4.39 Å². The highest BCUT2D eigenvalue weighted by Gasteiger charge is 2.45. The topological polar surface area (TPSA) is 108 Å². The highest BCUT2D eigenvalue weighted by atomic mass is 35.5. The van der Waals surface area contributed by atoms with Crippen molar-refractivity contribution in [2.24, 2.45) is 17.6 Å². The van der Waals surface area contributed by atoms with Crippen molar-refractivity contribution in [3.63, 3.8) is 0 Å². The number of hydrogen-bond acceptors (Lipinski definition) is 7. The van der Waals surface area contributed by atoms with Crippen molar-refractivity contribution in [1.29, 1.82) is 0 Å². The van der Waals surface area contributed by atoms with Crippen molar-refractivity contribution in [3.8, 4) is 0 Å². The number of rotatable bonds is 10. The number of halogens is 2. The number of carbonyl (C=O) groups excluding carboxylic acids is 1. The summed E-state index contributed by atoms with van der Waals surface area (Å²) in [4.78, 5) is 24.4. The van der Waals surface area contributed by atoms with E-state index in [1.54, 1.807) is 25.7 Å². The van der Waals surface area contributed by atoms with E-state index in [9.17, 15) is 9.90 Å². The number of aromatic nitrogens is 2. The number of alkyl halides is 1. The lowest BCUT2D eigenvalue weighted by Crippen LogP contribution is -2.54. The maximum absolute atomic E-state index is 15.3. The molecule has 3 unspecified atom stereocenters. The minimum atomic E-state index is -1.31. The zero-order valence-corrected chi connectivity index (χ0v) is 22.5. The van der Waals surface area contributed by atoms with Crippen molar-refractivity contribution in [2.45, 2.75) is 58.7 Å². The number of amides is 1. The van der Waals surface area contributed by atoms with Crippen LogP contribution in [0.3, 0.4) is 0 Å². The number of nitrogens with two attached hydrogens (primary N) is 1. The second-order valence-electron chi connectivity index (χ2n) is 10.6. The average Bonchev–Trinajstić information content (AvgIpc) is 2.80. The van der Waals surface area contributed by atoms with Gasteiger partial charge in [-0.1, -0.05) is 24.6 Å². The van der Waals surface area contributed by atoms with E-state index in [0.717, 1.165) is 17.7 Å².